The third-order valence-electron chi connectivity index (χ3n) is 3.95. The molecule has 0 aliphatic rings. The van der Waals surface area contributed by atoms with Crippen LogP contribution in [0, 0.1) is 6.92 Å². The lowest BCUT2D eigenvalue weighted by molar-refractivity contribution is 0.477. The molecule has 24 heavy (non-hydrogen) atoms. The molecule has 0 aliphatic carbocycles. The van der Waals surface area contributed by atoms with Gasteiger partial charge in [0.1, 0.15) is 5.75 Å². The molecule has 0 saturated carbocycles. The highest BCUT2D eigenvalue weighted by Gasteiger charge is 2.13. The number of aromatic nitrogens is 3. The molecule has 2 aromatic heterocycles. The van der Waals surface area contributed by atoms with Crippen LogP contribution in [0.5, 0.6) is 5.75 Å². The largest absolute Gasteiger partial charge is 0.507 e. The number of hydrogen-bond acceptors (Lipinski definition) is 3. The third-order valence-corrected chi connectivity index (χ3v) is 4.19. The van der Waals surface area contributed by atoms with Crippen molar-refractivity contribution >= 4 is 22.6 Å². The maximum atomic E-state index is 10.1. The first-order valence-electron chi connectivity index (χ1n) is 7.54. The zero-order chi connectivity index (χ0) is 16.7. The van der Waals surface area contributed by atoms with Crippen LogP contribution in [0.4, 0.5) is 0 Å². The highest BCUT2D eigenvalue weighted by Crippen LogP contribution is 2.32. The van der Waals surface area contributed by atoms with Gasteiger partial charge < -0.3 is 5.11 Å². The first-order valence-corrected chi connectivity index (χ1v) is 7.92. The zero-order valence-corrected chi connectivity index (χ0v) is 13.7. The fraction of sp³-hybridized carbons (Fsp3) is 0.0526. The molecular weight excluding hydrogens is 322 g/mol. The highest BCUT2D eigenvalue weighted by molar-refractivity contribution is 6.30. The van der Waals surface area contributed by atoms with Crippen LogP contribution in [0.3, 0.4) is 0 Å². The number of phenolic OH excluding ortho intramolecular Hbond substituents is 1. The lowest BCUT2D eigenvalue weighted by Crippen LogP contribution is -1.98. The maximum absolute atomic E-state index is 10.1. The number of fused-ring (bicyclic) bond motifs is 1. The Morgan fingerprint density at radius 3 is 2.58 bits per heavy atom. The second kappa shape index (κ2) is 5.65. The highest BCUT2D eigenvalue weighted by atomic mass is 35.5. The van der Waals surface area contributed by atoms with Gasteiger partial charge in [0.2, 0.25) is 0 Å². The fourth-order valence-electron chi connectivity index (χ4n) is 2.76. The van der Waals surface area contributed by atoms with Crippen molar-refractivity contribution in [3.05, 3.63) is 71.4 Å². The van der Waals surface area contributed by atoms with Crippen LogP contribution in [0.1, 0.15) is 5.69 Å². The molecule has 1 N–H and O–H groups in total. The van der Waals surface area contributed by atoms with E-state index in [1.54, 1.807) is 18.2 Å². The van der Waals surface area contributed by atoms with E-state index in [1.807, 2.05) is 54.1 Å². The van der Waals surface area contributed by atoms with Gasteiger partial charge in [0.25, 0.3) is 0 Å². The van der Waals surface area contributed by atoms with E-state index in [0.717, 1.165) is 22.4 Å². The van der Waals surface area contributed by atoms with Crippen LogP contribution < -0.4 is 0 Å². The zero-order valence-electron chi connectivity index (χ0n) is 12.9. The summed E-state index contributed by atoms with van der Waals surface area (Å²) in [7, 11) is 0. The number of aromatic hydroxyl groups is 1. The average molecular weight is 336 g/mol. The first-order chi connectivity index (χ1) is 11.6. The molecule has 0 amide bonds. The number of pyridine rings is 1. The van der Waals surface area contributed by atoms with Crippen LogP contribution in [-0.2, 0) is 0 Å². The van der Waals surface area contributed by atoms with Crippen LogP contribution in [0.2, 0.25) is 5.02 Å². The Bertz CT molecular complexity index is 1040. The minimum Gasteiger partial charge on any atom is -0.507 e. The van der Waals surface area contributed by atoms with Gasteiger partial charge in [-0.3, -0.25) is 0 Å². The predicted molar refractivity (Wildman–Crippen MR) is 95.7 cm³/mol. The summed E-state index contributed by atoms with van der Waals surface area (Å²) in [5.41, 5.74) is 3.84. The van der Waals surface area contributed by atoms with E-state index in [1.165, 1.54) is 0 Å². The van der Waals surface area contributed by atoms with Gasteiger partial charge >= 0.3 is 0 Å². The number of hydrogen-bond donors (Lipinski definition) is 1. The van der Waals surface area contributed by atoms with Crippen molar-refractivity contribution in [3.63, 3.8) is 0 Å². The van der Waals surface area contributed by atoms with Crippen molar-refractivity contribution in [1.29, 1.82) is 0 Å². The molecule has 4 nitrogen and oxygen atoms in total. The smallest absolute Gasteiger partial charge is 0.163 e. The fourth-order valence-corrected chi connectivity index (χ4v) is 2.93. The number of halogens is 1. The predicted octanol–water partition coefficient (Wildman–Crippen LogP) is 4.75. The second-order valence-corrected chi connectivity index (χ2v) is 6.00. The summed E-state index contributed by atoms with van der Waals surface area (Å²) in [5, 5.41) is 16.3. The first kappa shape index (κ1) is 14.7. The second-order valence-electron chi connectivity index (χ2n) is 5.56. The normalized spacial score (nSPS) is 11.1. The van der Waals surface area contributed by atoms with Crippen molar-refractivity contribution in [3.8, 4) is 22.7 Å². The van der Waals surface area contributed by atoms with Gasteiger partial charge in [-0.1, -0.05) is 29.8 Å². The Morgan fingerprint density at radius 1 is 1.00 bits per heavy atom. The van der Waals surface area contributed by atoms with Crippen LogP contribution in [0.25, 0.3) is 28.0 Å². The third kappa shape index (κ3) is 2.41. The molecule has 2 heterocycles. The molecule has 0 atom stereocenters. The van der Waals surface area contributed by atoms with Crippen LogP contribution >= 0.6 is 11.6 Å². The summed E-state index contributed by atoms with van der Waals surface area (Å²) < 4.78 is 1.82. The molecule has 0 unspecified atom stereocenters. The molecule has 0 aliphatic heterocycles. The summed E-state index contributed by atoms with van der Waals surface area (Å²) in [6.45, 7) is 1.96. The average Bonchev–Trinajstić information content (AvgIpc) is 2.94. The molecule has 0 saturated heterocycles. The number of phenols is 1. The van der Waals surface area contributed by atoms with Gasteiger partial charge in [-0.2, -0.15) is 5.10 Å². The van der Waals surface area contributed by atoms with E-state index < -0.39 is 0 Å². The van der Waals surface area contributed by atoms with E-state index >= 15 is 0 Å². The minimum absolute atomic E-state index is 0.147. The molecule has 2 aromatic carbocycles. The quantitative estimate of drug-likeness (QED) is 0.575. The molecule has 4 rings (SSSR count). The van der Waals surface area contributed by atoms with E-state index in [-0.39, 0.29) is 5.75 Å². The summed E-state index contributed by atoms with van der Waals surface area (Å²) in [5.74, 6) is 0.147. The number of benzene rings is 2. The van der Waals surface area contributed by atoms with Gasteiger partial charge in [-0.25, -0.2) is 9.67 Å². The lowest BCUT2D eigenvalue weighted by atomic mass is 10.1. The summed E-state index contributed by atoms with van der Waals surface area (Å²) in [4.78, 5) is 4.73. The van der Waals surface area contributed by atoms with E-state index in [4.69, 9.17) is 16.6 Å². The monoisotopic (exact) mass is 335 g/mol. The van der Waals surface area contributed by atoms with Gasteiger partial charge in [0.15, 0.2) is 5.65 Å². The van der Waals surface area contributed by atoms with E-state index in [9.17, 15) is 5.11 Å². The Hall–Kier alpha value is -2.85. The maximum Gasteiger partial charge on any atom is 0.163 e. The van der Waals surface area contributed by atoms with Crippen molar-refractivity contribution in [2.24, 2.45) is 0 Å². The molecule has 118 valence electrons. The number of rotatable bonds is 2. The molecule has 0 spiro atoms. The van der Waals surface area contributed by atoms with Gasteiger partial charge in [-0.05, 0) is 49.4 Å². The molecule has 0 fully saturated rings. The van der Waals surface area contributed by atoms with Crippen LogP contribution in [0.15, 0.2) is 60.7 Å². The van der Waals surface area contributed by atoms with Crippen LogP contribution in [-0.4, -0.2) is 19.9 Å². The van der Waals surface area contributed by atoms with Crippen molar-refractivity contribution in [2.75, 3.05) is 0 Å². The number of aryl methyl sites for hydroxylation is 1. The molecule has 5 heteroatoms. The SMILES string of the molecule is Cc1nn(-c2ccccc2)c2nc(-c3cc(Cl)ccc3O)ccc12. The van der Waals surface area contributed by atoms with Gasteiger partial charge in [0.05, 0.1) is 17.1 Å². The summed E-state index contributed by atoms with van der Waals surface area (Å²) in [6.07, 6.45) is 0. The Kier molecular flexibility index (Phi) is 3.47. The molecule has 0 radical (unpaired) electrons. The van der Waals surface area contributed by atoms with E-state index in [0.29, 0.717) is 16.3 Å². The Labute approximate surface area is 144 Å². The Morgan fingerprint density at radius 2 is 1.79 bits per heavy atom. The number of nitrogens with zero attached hydrogens (tertiary/aromatic N) is 3. The van der Waals surface area contributed by atoms with Crippen molar-refractivity contribution in [1.82, 2.24) is 14.8 Å². The number of para-hydroxylation sites is 1. The summed E-state index contributed by atoms with van der Waals surface area (Å²) in [6, 6.07) is 18.6. The van der Waals surface area contributed by atoms with E-state index in [2.05, 4.69) is 5.10 Å². The molecule has 0 bridgehead atoms. The topological polar surface area (TPSA) is 50.9 Å². The minimum atomic E-state index is 0.147. The molecule has 4 aromatic rings. The van der Waals surface area contributed by atoms with Crippen molar-refractivity contribution in [2.45, 2.75) is 6.92 Å². The van der Waals surface area contributed by atoms with Crippen molar-refractivity contribution < 1.29 is 5.11 Å². The standard InChI is InChI=1S/C19H14ClN3O/c1-12-15-8-9-17(16-11-13(20)7-10-18(16)24)21-19(15)23(22-12)14-5-3-2-4-6-14/h2-11,24H,1H3. The van der Waals surface area contributed by atoms with Gasteiger partial charge in [-0.15, -0.1) is 0 Å². The lowest BCUT2D eigenvalue weighted by Gasteiger charge is -2.07. The van der Waals surface area contributed by atoms with Gasteiger partial charge in [0, 0.05) is 16.0 Å². The summed E-state index contributed by atoms with van der Waals surface area (Å²) >= 11 is 6.06. The molecular formula is C19H14ClN3O. The Balaban J connectivity index is 1.96.